The maximum Gasteiger partial charge on any atom is 0.330 e. The SMILES string of the molecule is C=C(CCCCCC(C)CC)C(=O)O. The van der Waals surface area contributed by atoms with Crippen LogP contribution in [0.1, 0.15) is 52.4 Å². The molecular formula is C12H22O2. The van der Waals surface area contributed by atoms with Crippen molar-refractivity contribution >= 4 is 5.97 Å². The molecule has 0 saturated heterocycles. The Morgan fingerprint density at radius 3 is 2.50 bits per heavy atom. The lowest BCUT2D eigenvalue weighted by atomic mass is 9.99. The Labute approximate surface area is 87.0 Å². The van der Waals surface area contributed by atoms with Crippen LogP contribution in [0.4, 0.5) is 0 Å². The predicted octanol–water partition coefficient (Wildman–Crippen LogP) is 3.62. The van der Waals surface area contributed by atoms with Gasteiger partial charge in [-0.15, -0.1) is 0 Å². The fourth-order valence-corrected chi connectivity index (χ4v) is 1.32. The monoisotopic (exact) mass is 198 g/mol. The van der Waals surface area contributed by atoms with Crippen molar-refractivity contribution in [3.05, 3.63) is 12.2 Å². The Kier molecular flexibility index (Phi) is 7.17. The minimum Gasteiger partial charge on any atom is -0.478 e. The zero-order chi connectivity index (χ0) is 11.0. The van der Waals surface area contributed by atoms with Gasteiger partial charge in [0.05, 0.1) is 0 Å². The lowest BCUT2D eigenvalue weighted by molar-refractivity contribution is -0.132. The summed E-state index contributed by atoms with van der Waals surface area (Å²) >= 11 is 0. The first-order chi connectivity index (χ1) is 6.57. The summed E-state index contributed by atoms with van der Waals surface area (Å²) in [5, 5.41) is 8.57. The molecule has 1 atom stereocenters. The second-order valence-electron chi connectivity index (χ2n) is 4.02. The normalized spacial score (nSPS) is 12.4. The van der Waals surface area contributed by atoms with Gasteiger partial charge in [0, 0.05) is 5.57 Å². The van der Waals surface area contributed by atoms with Crippen LogP contribution in [-0.4, -0.2) is 11.1 Å². The second kappa shape index (κ2) is 7.60. The third-order valence-electron chi connectivity index (χ3n) is 2.67. The molecule has 0 bridgehead atoms. The number of rotatable bonds is 8. The lowest BCUT2D eigenvalue weighted by Crippen LogP contribution is -1.98. The molecular weight excluding hydrogens is 176 g/mol. The van der Waals surface area contributed by atoms with Gasteiger partial charge >= 0.3 is 5.97 Å². The van der Waals surface area contributed by atoms with Gasteiger partial charge in [-0.05, 0) is 18.8 Å². The maximum atomic E-state index is 10.4. The van der Waals surface area contributed by atoms with Crippen molar-refractivity contribution in [3.63, 3.8) is 0 Å². The van der Waals surface area contributed by atoms with Gasteiger partial charge in [-0.2, -0.15) is 0 Å². The van der Waals surface area contributed by atoms with Gasteiger partial charge in [0.15, 0.2) is 0 Å². The average molecular weight is 198 g/mol. The number of hydrogen-bond donors (Lipinski definition) is 1. The van der Waals surface area contributed by atoms with E-state index in [-0.39, 0.29) is 0 Å². The number of hydrogen-bond acceptors (Lipinski definition) is 1. The molecule has 0 heterocycles. The van der Waals surface area contributed by atoms with Gasteiger partial charge in [0.1, 0.15) is 0 Å². The van der Waals surface area contributed by atoms with Crippen LogP contribution in [0.2, 0.25) is 0 Å². The van der Waals surface area contributed by atoms with E-state index >= 15 is 0 Å². The van der Waals surface area contributed by atoms with Gasteiger partial charge in [0.25, 0.3) is 0 Å². The topological polar surface area (TPSA) is 37.3 Å². The Morgan fingerprint density at radius 1 is 1.36 bits per heavy atom. The summed E-state index contributed by atoms with van der Waals surface area (Å²) in [5.41, 5.74) is 0.341. The quantitative estimate of drug-likeness (QED) is 0.477. The summed E-state index contributed by atoms with van der Waals surface area (Å²) in [4.78, 5) is 10.4. The molecule has 0 aliphatic heterocycles. The van der Waals surface area contributed by atoms with Crippen molar-refractivity contribution in [3.8, 4) is 0 Å². The van der Waals surface area contributed by atoms with Crippen molar-refractivity contribution in [2.75, 3.05) is 0 Å². The van der Waals surface area contributed by atoms with E-state index in [1.165, 1.54) is 19.3 Å². The Hall–Kier alpha value is -0.790. The molecule has 0 aromatic rings. The molecule has 0 aliphatic rings. The van der Waals surface area contributed by atoms with Crippen molar-refractivity contribution in [2.24, 2.45) is 5.92 Å². The molecule has 0 aliphatic carbocycles. The molecule has 0 aromatic carbocycles. The number of carboxylic acids is 1. The highest BCUT2D eigenvalue weighted by atomic mass is 16.4. The zero-order valence-corrected chi connectivity index (χ0v) is 9.38. The van der Waals surface area contributed by atoms with E-state index < -0.39 is 5.97 Å². The summed E-state index contributed by atoms with van der Waals surface area (Å²) in [7, 11) is 0. The molecule has 0 amide bonds. The molecule has 1 unspecified atom stereocenters. The Balaban J connectivity index is 3.30. The molecule has 0 spiro atoms. The highest BCUT2D eigenvalue weighted by Crippen LogP contribution is 2.14. The smallest absolute Gasteiger partial charge is 0.330 e. The fraction of sp³-hybridized carbons (Fsp3) is 0.750. The van der Waals surface area contributed by atoms with Crippen LogP contribution in [-0.2, 0) is 4.79 Å². The van der Waals surface area contributed by atoms with Gasteiger partial charge in [-0.3, -0.25) is 0 Å². The molecule has 0 aromatic heterocycles. The second-order valence-corrected chi connectivity index (χ2v) is 4.02. The van der Waals surface area contributed by atoms with E-state index in [1.807, 2.05) is 0 Å². The van der Waals surface area contributed by atoms with Crippen LogP contribution in [0.5, 0.6) is 0 Å². The standard InChI is InChI=1S/C12H22O2/c1-4-10(2)8-6-5-7-9-11(3)12(13)14/h10H,3-9H2,1-2H3,(H,13,14). The molecule has 14 heavy (non-hydrogen) atoms. The summed E-state index contributed by atoms with van der Waals surface area (Å²) in [6.45, 7) is 7.97. The van der Waals surface area contributed by atoms with Crippen LogP contribution in [0, 0.1) is 5.92 Å². The summed E-state index contributed by atoms with van der Waals surface area (Å²) in [6.07, 6.45) is 6.42. The largest absolute Gasteiger partial charge is 0.478 e. The van der Waals surface area contributed by atoms with Crippen LogP contribution >= 0.6 is 0 Å². The van der Waals surface area contributed by atoms with Crippen LogP contribution in [0.15, 0.2) is 12.2 Å². The van der Waals surface area contributed by atoms with Crippen molar-refractivity contribution in [2.45, 2.75) is 52.4 Å². The van der Waals surface area contributed by atoms with Crippen molar-refractivity contribution in [1.82, 2.24) is 0 Å². The van der Waals surface area contributed by atoms with Crippen molar-refractivity contribution < 1.29 is 9.90 Å². The number of carboxylic acid groups (broad SMARTS) is 1. The molecule has 82 valence electrons. The molecule has 0 rings (SSSR count). The predicted molar refractivity (Wildman–Crippen MR) is 59.3 cm³/mol. The highest BCUT2D eigenvalue weighted by Gasteiger charge is 2.03. The molecule has 2 nitrogen and oxygen atoms in total. The lowest BCUT2D eigenvalue weighted by Gasteiger charge is -2.07. The van der Waals surface area contributed by atoms with E-state index in [9.17, 15) is 4.79 Å². The van der Waals surface area contributed by atoms with Crippen molar-refractivity contribution in [1.29, 1.82) is 0 Å². The summed E-state index contributed by atoms with van der Waals surface area (Å²) in [5.74, 6) is -0.0513. The first-order valence-corrected chi connectivity index (χ1v) is 5.49. The Bertz CT molecular complexity index is 185. The minimum absolute atomic E-state index is 0.341. The Morgan fingerprint density at radius 2 is 2.00 bits per heavy atom. The van der Waals surface area contributed by atoms with Gasteiger partial charge in [-0.1, -0.05) is 46.1 Å². The van der Waals surface area contributed by atoms with Crippen LogP contribution in [0.25, 0.3) is 0 Å². The molecule has 2 heteroatoms. The number of unbranched alkanes of at least 4 members (excludes halogenated alkanes) is 2. The number of aliphatic carboxylic acids is 1. The average Bonchev–Trinajstić information content (AvgIpc) is 2.16. The molecule has 0 radical (unpaired) electrons. The van der Waals surface area contributed by atoms with Gasteiger partial charge < -0.3 is 5.11 Å². The zero-order valence-electron chi connectivity index (χ0n) is 9.38. The third-order valence-corrected chi connectivity index (χ3v) is 2.67. The number of carbonyl (C=O) groups is 1. The fourth-order valence-electron chi connectivity index (χ4n) is 1.32. The van der Waals surface area contributed by atoms with E-state index in [0.717, 1.165) is 18.8 Å². The first kappa shape index (κ1) is 13.2. The van der Waals surface area contributed by atoms with Gasteiger partial charge in [0.2, 0.25) is 0 Å². The summed E-state index contributed by atoms with van der Waals surface area (Å²) < 4.78 is 0. The molecule has 0 saturated carbocycles. The van der Waals surface area contributed by atoms with E-state index in [0.29, 0.717) is 12.0 Å². The van der Waals surface area contributed by atoms with Crippen LogP contribution < -0.4 is 0 Å². The van der Waals surface area contributed by atoms with E-state index in [4.69, 9.17) is 5.11 Å². The van der Waals surface area contributed by atoms with E-state index in [1.54, 1.807) is 0 Å². The highest BCUT2D eigenvalue weighted by molar-refractivity contribution is 5.85. The van der Waals surface area contributed by atoms with Crippen LogP contribution in [0.3, 0.4) is 0 Å². The summed E-state index contributed by atoms with van der Waals surface area (Å²) in [6, 6.07) is 0. The first-order valence-electron chi connectivity index (χ1n) is 5.49. The third kappa shape index (κ3) is 6.70. The minimum atomic E-state index is -0.855. The maximum absolute atomic E-state index is 10.4. The van der Waals surface area contributed by atoms with E-state index in [2.05, 4.69) is 20.4 Å². The molecule has 0 fully saturated rings. The molecule has 1 N–H and O–H groups in total. The van der Waals surface area contributed by atoms with Gasteiger partial charge in [-0.25, -0.2) is 4.79 Å².